The first-order valence-electron chi connectivity index (χ1n) is 8.37. The maximum absolute atomic E-state index is 14.1. The van der Waals surface area contributed by atoms with Gasteiger partial charge in [0.2, 0.25) is 0 Å². The molecule has 1 amide bonds. The molecule has 4 nitrogen and oxygen atoms in total. The molecule has 2 unspecified atom stereocenters. The fraction of sp³-hybridized carbons (Fsp3) is 0.300. The van der Waals surface area contributed by atoms with Crippen molar-refractivity contribution in [2.24, 2.45) is 0 Å². The lowest BCUT2D eigenvalue weighted by molar-refractivity contribution is -0.122. The molecule has 0 saturated heterocycles. The highest BCUT2D eigenvalue weighted by Gasteiger charge is 2.33. The SMILES string of the molecule is Cc1ccc(NC(=O)C(C)Oc2ccc(F)c3c2C(=O)CC3C)c(Br)c1. The van der Waals surface area contributed by atoms with E-state index < -0.39 is 11.9 Å². The van der Waals surface area contributed by atoms with Gasteiger partial charge in [-0.05, 0) is 65.5 Å². The van der Waals surface area contributed by atoms with Gasteiger partial charge >= 0.3 is 0 Å². The van der Waals surface area contributed by atoms with Crippen molar-refractivity contribution in [3.63, 3.8) is 0 Å². The fourth-order valence-electron chi connectivity index (χ4n) is 3.12. The minimum atomic E-state index is -0.846. The fourth-order valence-corrected chi connectivity index (χ4v) is 3.72. The van der Waals surface area contributed by atoms with Crippen LogP contribution in [-0.4, -0.2) is 17.8 Å². The van der Waals surface area contributed by atoms with Crippen molar-refractivity contribution in [3.8, 4) is 5.75 Å². The van der Waals surface area contributed by atoms with E-state index in [1.807, 2.05) is 26.0 Å². The summed E-state index contributed by atoms with van der Waals surface area (Å²) in [5.74, 6) is -0.858. The smallest absolute Gasteiger partial charge is 0.265 e. The van der Waals surface area contributed by atoms with Gasteiger partial charge in [0.1, 0.15) is 11.6 Å². The van der Waals surface area contributed by atoms with Gasteiger partial charge in [-0.15, -0.1) is 0 Å². The summed E-state index contributed by atoms with van der Waals surface area (Å²) >= 11 is 3.41. The number of amides is 1. The topological polar surface area (TPSA) is 55.4 Å². The summed E-state index contributed by atoms with van der Waals surface area (Å²) in [6.45, 7) is 5.35. The normalized spacial score (nSPS) is 17.0. The van der Waals surface area contributed by atoms with Crippen LogP contribution in [0.25, 0.3) is 0 Å². The van der Waals surface area contributed by atoms with Crippen molar-refractivity contribution >= 4 is 33.3 Å². The van der Waals surface area contributed by atoms with E-state index in [1.165, 1.54) is 12.1 Å². The molecule has 1 aliphatic carbocycles. The second-order valence-corrected chi connectivity index (χ2v) is 7.45. The highest BCUT2D eigenvalue weighted by atomic mass is 79.9. The molecular weight excluding hydrogens is 401 g/mol. The minimum absolute atomic E-state index is 0.157. The van der Waals surface area contributed by atoms with Crippen molar-refractivity contribution in [1.29, 1.82) is 0 Å². The van der Waals surface area contributed by atoms with Crippen molar-refractivity contribution in [2.45, 2.75) is 39.2 Å². The molecule has 0 aliphatic heterocycles. The Labute approximate surface area is 159 Å². The van der Waals surface area contributed by atoms with E-state index in [9.17, 15) is 14.0 Å². The highest BCUT2D eigenvalue weighted by molar-refractivity contribution is 9.10. The number of carbonyl (C=O) groups is 2. The third-order valence-electron chi connectivity index (χ3n) is 4.47. The van der Waals surface area contributed by atoms with Crippen LogP contribution in [0.2, 0.25) is 0 Å². The van der Waals surface area contributed by atoms with Gasteiger partial charge < -0.3 is 10.1 Å². The predicted molar refractivity (Wildman–Crippen MR) is 101 cm³/mol. The molecule has 3 rings (SSSR count). The molecule has 2 aromatic carbocycles. The van der Waals surface area contributed by atoms with Gasteiger partial charge in [0.25, 0.3) is 5.91 Å². The maximum Gasteiger partial charge on any atom is 0.265 e. The van der Waals surface area contributed by atoms with E-state index >= 15 is 0 Å². The van der Waals surface area contributed by atoms with Gasteiger partial charge in [-0.3, -0.25) is 9.59 Å². The average molecular weight is 420 g/mol. The first-order chi connectivity index (χ1) is 12.3. The third-order valence-corrected chi connectivity index (χ3v) is 5.13. The van der Waals surface area contributed by atoms with E-state index in [4.69, 9.17) is 4.74 Å². The Kier molecular flexibility index (Phi) is 5.14. The molecule has 0 saturated carbocycles. The van der Waals surface area contributed by atoms with Crippen LogP contribution in [0.15, 0.2) is 34.8 Å². The molecule has 0 bridgehead atoms. The number of hydrogen-bond donors (Lipinski definition) is 1. The Hall–Kier alpha value is -2.21. The van der Waals surface area contributed by atoms with Crippen molar-refractivity contribution in [1.82, 2.24) is 0 Å². The minimum Gasteiger partial charge on any atom is -0.480 e. The molecule has 2 atom stereocenters. The van der Waals surface area contributed by atoms with Gasteiger partial charge in [0.05, 0.1) is 11.3 Å². The number of halogens is 2. The largest absolute Gasteiger partial charge is 0.480 e. The van der Waals surface area contributed by atoms with Crippen LogP contribution in [0.5, 0.6) is 5.75 Å². The van der Waals surface area contributed by atoms with E-state index in [0.29, 0.717) is 11.3 Å². The molecule has 0 aromatic heterocycles. The van der Waals surface area contributed by atoms with Crippen molar-refractivity contribution in [2.75, 3.05) is 5.32 Å². The Morgan fingerprint density at radius 2 is 2.08 bits per heavy atom. The Morgan fingerprint density at radius 1 is 1.35 bits per heavy atom. The average Bonchev–Trinajstić information content (AvgIpc) is 2.88. The number of benzene rings is 2. The zero-order chi connectivity index (χ0) is 19.0. The molecule has 136 valence electrons. The molecule has 0 radical (unpaired) electrons. The number of aryl methyl sites for hydroxylation is 1. The summed E-state index contributed by atoms with van der Waals surface area (Å²) in [5, 5.41) is 2.79. The van der Waals surface area contributed by atoms with Crippen LogP contribution < -0.4 is 10.1 Å². The quantitative estimate of drug-likeness (QED) is 0.758. The molecule has 1 N–H and O–H groups in total. The van der Waals surface area contributed by atoms with Gasteiger partial charge in [-0.2, -0.15) is 0 Å². The lowest BCUT2D eigenvalue weighted by Crippen LogP contribution is -2.30. The van der Waals surface area contributed by atoms with Crippen LogP contribution in [0.3, 0.4) is 0 Å². The molecule has 1 aliphatic rings. The number of hydrogen-bond acceptors (Lipinski definition) is 3. The molecular formula is C20H19BrFNO3. The van der Waals surface area contributed by atoms with Gasteiger partial charge in [-0.1, -0.05) is 13.0 Å². The van der Waals surface area contributed by atoms with Crippen LogP contribution >= 0.6 is 15.9 Å². The molecule has 6 heteroatoms. The molecule has 0 fully saturated rings. The lowest BCUT2D eigenvalue weighted by Gasteiger charge is -2.18. The summed E-state index contributed by atoms with van der Waals surface area (Å²) in [4.78, 5) is 24.7. The van der Waals surface area contributed by atoms with E-state index in [0.717, 1.165) is 10.0 Å². The first-order valence-corrected chi connectivity index (χ1v) is 9.16. The summed E-state index contributed by atoms with van der Waals surface area (Å²) in [6.07, 6.45) is -0.592. The summed E-state index contributed by atoms with van der Waals surface area (Å²) in [5.41, 5.74) is 2.33. The summed E-state index contributed by atoms with van der Waals surface area (Å²) in [6, 6.07) is 8.28. The second kappa shape index (κ2) is 7.19. The number of carbonyl (C=O) groups excluding carboxylic acids is 2. The monoisotopic (exact) mass is 419 g/mol. The van der Waals surface area contributed by atoms with E-state index in [2.05, 4.69) is 21.2 Å². The number of nitrogens with one attached hydrogen (secondary N) is 1. The third kappa shape index (κ3) is 3.51. The summed E-state index contributed by atoms with van der Waals surface area (Å²) < 4.78 is 20.5. The molecule has 0 heterocycles. The number of fused-ring (bicyclic) bond motifs is 1. The van der Waals surface area contributed by atoms with Crippen LogP contribution in [0.4, 0.5) is 10.1 Å². The highest BCUT2D eigenvalue weighted by Crippen LogP contribution is 2.40. The van der Waals surface area contributed by atoms with Gasteiger partial charge in [0, 0.05) is 16.5 Å². The number of ether oxygens (including phenoxy) is 1. The summed E-state index contributed by atoms with van der Waals surface area (Å²) in [7, 11) is 0. The Balaban J connectivity index is 1.79. The number of rotatable bonds is 4. The molecule has 26 heavy (non-hydrogen) atoms. The zero-order valence-electron chi connectivity index (χ0n) is 14.7. The van der Waals surface area contributed by atoms with Crippen LogP contribution in [0.1, 0.15) is 47.7 Å². The van der Waals surface area contributed by atoms with Crippen molar-refractivity contribution < 1.29 is 18.7 Å². The van der Waals surface area contributed by atoms with Crippen LogP contribution in [-0.2, 0) is 4.79 Å². The van der Waals surface area contributed by atoms with Crippen molar-refractivity contribution in [3.05, 3.63) is 57.3 Å². The maximum atomic E-state index is 14.1. The van der Waals surface area contributed by atoms with E-state index in [1.54, 1.807) is 13.0 Å². The van der Waals surface area contributed by atoms with Gasteiger partial charge in [-0.25, -0.2) is 4.39 Å². The van der Waals surface area contributed by atoms with Gasteiger partial charge in [0.15, 0.2) is 11.9 Å². The molecule has 0 spiro atoms. The number of anilines is 1. The molecule has 2 aromatic rings. The van der Waals surface area contributed by atoms with Crippen LogP contribution in [0, 0.1) is 12.7 Å². The predicted octanol–water partition coefficient (Wildman–Crippen LogP) is 4.99. The number of Topliss-reactive ketones (excluding diaryl/α,β-unsaturated/α-hetero) is 1. The Bertz CT molecular complexity index is 897. The standard InChI is InChI=1S/C20H19BrFNO3/c1-10-4-6-15(13(21)8-10)23-20(25)12(3)26-17-7-5-14(22)18-11(2)9-16(24)19(17)18/h4-8,11-12H,9H2,1-3H3,(H,23,25). The van der Waals surface area contributed by atoms with E-state index in [-0.39, 0.29) is 35.3 Å². The number of ketones is 1. The zero-order valence-corrected chi connectivity index (χ0v) is 16.3. The lowest BCUT2D eigenvalue weighted by atomic mass is 10.0. The Morgan fingerprint density at radius 3 is 2.77 bits per heavy atom. The first kappa shape index (κ1) is 18.6. The second-order valence-electron chi connectivity index (χ2n) is 6.60.